The van der Waals surface area contributed by atoms with E-state index in [2.05, 4.69) is 19.2 Å². The molecule has 1 heteroatoms. The molecule has 0 aromatic rings. The van der Waals surface area contributed by atoms with Crippen LogP contribution in [0.3, 0.4) is 0 Å². The molecule has 0 radical (unpaired) electrons. The predicted octanol–water partition coefficient (Wildman–Crippen LogP) is 2.03. The molecule has 0 aliphatic carbocycles. The van der Waals surface area contributed by atoms with Crippen LogP contribution in [-0.2, 0) is 0 Å². The predicted molar refractivity (Wildman–Crippen MR) is 45.0 cm³/mol. The molecule has 1 heterocycles. The van der Waals surface area contributed by atoms with E-state index in [4.69, 9.17) is 0 Å². The second-order valence-corrected chi connectivity index (χ2v) is 3.79. The third-order valence-electron chi connectivity index (χ3n) is 2.35. The van der Waals surface area contributed by atoms with Crippen LogP contribution in [-0.4, -0.2) is 13.1 Å². The first-order chi connectivity index (χ1) is 4.79. The zero-order chi connectivity index (χ0) is 7.40. The van der Waals surface area contributed by atoms with Gasteiger partial charge in [-0.05, 0) is 44.2 Å². The van der Waals surface area contributed by atoms with Gasteiger partial charge in [-0.3, -0.25) is 0 Å². The van der Waals surface area contributed by atoms with Crippen LogP contribution in [0, 0.1) is 11.8 Å². The fraction of sp³-hybridized carbons (Fsp3) is 1.00. The summed E-state index contributed by atoms with van der Waals surface area (Å²) in [5.41, 5.74) is 0. The topological polar surface area (TPSA) is 12.0 Å². The van der Waals surface area contributed by atoms with E-state index in [9.17, 15) is 0 Å². The van der Waals surface area contributed by atoms with Crippen molar-refractivity contribution >= 4 is 0 Å². The Bertz CT molecular complexity index is 80.7. The third-order valence-corrected chi connectivity index (χ3v) is 2.35. The maximum atomic E-state index is 3.46. The Morgan fingerprint density at radius 3 is 2.80 bits per heavy atom. The fourth-order valence-electron chi connectivity index (χ4n) is 1.81. The Morgan fingerprint density at radius 1 is 1.20 bits per heavy atom. The molecule has 0 aromatic carbocycles. The van der Waals surface area contributed by atoms with Crippen molar-refractivity contribution in [2.75, 3.05) is 13.1 Å². The van der Waals surface area contributed by atoms with Crippen molar-refractivity contribution < 1.29 is 0 Å². The SMILES string of the molecule is CC1CCCNCC(C)C1. The molecule has 1 saturated heterocycles. The van der Waals surface area contributed by atoms with E-state index in [1.165, 1.54) is 32.4 Å². The maximum absolute atomic E-state index is 3.46. The molecule has 0 spiro atoms. The van der Waals surface area contributed by atoms with Crippen LogP contribution in [0.1, 0.15) is 33.1 Å². The summed E-state index contributed by atoms with van der Waals surface area (Å²) in [6.07, 6.45) is 4.19. The van der Waals surface area contributed by atoms with Crippen LogP contribution in [0.5, 0.6) is 0 Å². The van der Waals surface area contributed by atoms with Crippen molar-refractivity contribution in [3.63, 3.8) is 0 Å². The van der Waals surface area contributed by atoms with Gasteiger partial charge in [0.15, 0.2) is 0 Å². The average molecular weight is 141 g/mol. The molecule has 0 aromatic heterocycles. The zero-order valence-corrected chi connectivity index (χ0v) is 7.19. The summed E-state index contributed by atoms with van der Waals surface area (Å²) < 4.78 is 0. The van der Waals surface area contributed by atoms with Gasteiger partial charge < -0.3 is 5.32 Å². The van der Waals surface area contributed by atoms with Gasteiger partial charge >= 0.3 is 0 Å². The van der Waals surface area contributed by atoms with E-state index in [0.717, 1.165) is 11.8 Å². The Hall–Kier alpha value is -0.0400. The van der Waals surface area contributed by atoms with Crippen LogP contribution >= 0.6 is 0 Å². The quantitative estimate of drug-likeness (QED) is 0.544. The molecule has 10 heavy (non-hydrogen) atoms. The first kappa shape index (κ1) is 8.06. The monoisotopic (exact) mass is 141 g/mol. The van der Waals surface area contributed by atoms with Crippen LogP contribution in [0.15, 0.2) is 0 Å². The average Bonchev–Trinajstić information content (AvgIpc) is 1.83. The van der Waals surface area contributed by atoms with Gasteiger partial charge in [-0.1, -0.05) is 13.8 Å². The zero-order valence-electron chi connectivity index (χ0n) is 7.19. The minimum Gasteiger partial charge on any atom is -0.316 e. The lowest BCUT2D eigenvalue weighted by atomic mass is 9.92. The van der Waals surface area contributed by atoms with Gasteiger partial charge in [-0.15, -0.1) is 0 Å². The molecular formula is C9H19N. The second kappa shape index (κ2) is 3.97. The first-order valence-electron chi connectivity index (χ1n) is 4.49. The van der Waals surface area contributed by atoms with Crippen LogP contribution < -0.4 is 5.32 Å². The minimum absolute atomic E-state index is 0.885. The van der Waals surface area contributed by atoms with Gasteiger partial charge in [-0.2, -0.15) is 0 Å². The largest absolute Gasteiger partial charge is 0.316 e. The van der Waals surface area contributed by atoms with E-state index in [1.807, 2.05) is 0 Å². The Balaban J connectivity index is 2.25. The first-order valence-corrected chi connectivity index (χ1v) is 4.49. The summed E-state index contributed by atoms with van der Waals surface area (Å²) in [6, 6.07) is 0. The standard InChI is InChI=1S/C9H19N/c1-8-4-3-5-10-7-9(2)6-8/h8-10H,3-7H2,1-2H3. The van der Waals surface area contributed by atoms with Crippen molar-refractivity contribution in [2.45, 2.75) is 33.1 Å². The number of nitrogens with one attached hydrogen (secondary N) is 1. The molecule has 1 N–H and O–H groups in total. The number of hydrogen-bond acceptors (Lipinski definition) is 1. The summed E-state index contributed by atoms with van der Waals surface area (Å²) >= 11 is 0. The molecule has 1 fully saturated rings. The normalized spacial score (nSPS) is 36.6. The highest BCUT2D eigenvalue weighted by Gasteiger charge is 2.10. The summed E-state index contributed by atoms with van der Waals surface area (Å²) in [5, 5.41) is 3.46. The minimum atomic E-state index is 0.885. The highest BCUT2D eigenvalue weighted by Crippen LogP contribution is 2.17. The van der Waals surface area contributed by atoms with Crippen LogP contribution in [0.25, 0.3) is 0 Å². The van der Waals surface area contributed by atoms with Crippen molar-refractivity contribution in [2.24, 2.45) is 11.8 Å². The molecule has 1 rings (SSSR count). The summed E-state index contributed by atoms with van der Waals surface area (Å²) in [5.74, 6) is 1.84. The van der Waals surface area contributed by atoms with E-state index in [0.29, 0.717) is 0 Å². The molecule has 0 amide bonds. The van der Waals surface area contributed by atoms with Gasteiger partial charge in [0.05, 0.1) is 0 Å². The Kier molecular flexibility index (Phi) is 3.20. The fourth-order valence-corrected chi connectivity index (χ4v) is 1.81. The van der Waals surface area contributed by atoms with Crippen LogP contribution in [0.4, 0.5) is 0 Å². The highest BCUT2D eigenvalue weighted by molar-refractivity contribution is 4.66. The summed E-state index contributed by atoms with van der Waals surface area (Å²) in [6.45, 7) is 7.18. The number of hydrogen-bond donors (Lipinski definition) is 1. The highest BCUT2D eigenvalue weighted by atomic mass is 14.9. The smallest absolute Gasteiger partial charge is 0.00231 e. The molecule has 1 nitrogen and oxygen atoms in total. The van der Waals surface area contributed by atoms with E-state index in [1.54, 1.807) is 0 Å². The lowest BCUT2D eigenvalue weighted by Crippen LogP contribution is -2.26. The number of rotatable bonds is 0. The molecule has 2 unspecified atom stereocenters. The maximum Gasteiger partial charge on any atom is -0.00231 e. The molecule has 0 bridgehead atoms. The van der Waals surface area contributed by atoms with Gasteiger partial charge in [-0.25, -0.2) is 0 Å². The lowest BCUT2D eigenvalue weighted by Gasteiger charge is -2.21. The molecular weight excluding hydrogens is 122 g/mol. The lowest BCUT2D eigenvalue weighted by molar-refractivity contribution is 0.342. The van der Waals surface area contributed by atoms with E-state index < -0.39 is 0 Å². The third kappa shape index (κ3) is 2.70. The van der Waals surface area contributed by atoms with E-state index >= 15 is 0 Å². The van der Waals surface area contributed by atoms with Crippen molar-refractivity contribution in [3.8, 4) is 0 Å². The second-order valence-electron chi connectivity index (χ2n) is 3.79. The molecule has 2 atom stereocenters. The van der Waals surface area contributed by atoms with Gasteiger partial charge in [0.25, 0.3) is 0 Å². The van der Waals surface area contributed by atoms with E-state index in [-0.39, 0.29) is 0 Å². The Morgan fingerprint density at radius 2 is 2.00 bits per heavy atom. The Labute approximate surface area is 64.2 Å². The summed E-state index contributed by atoms with van der Waals surface area (Å²) in [4.78, 5) is 0. The molecule has 1 aliphatic heterocycles. The van der Waals surface area contributed by atoms with Gasteiger partial charge in [0, 0.05) is 0 Å². The van der Waals surface area contributed by atoms with Crippen molar-refractivity contribution in [1.82, 2.24) is 5.32 Å². The van der Waals surface area contributed by atoms with Crippen LogP contribution in [0.2, 0.25) is 0 Å². The molecule has 1 aliphatic rings. The van der Waals surface area contributed by atoms with Gasteiger partial charge in [0.1, 0.15) is 0 Å². The molecule has 0 saturated carbocycles. The summed E-state index contributed by atoms with van der Waals surface area (Å²) in [7, 11) is 0. The molecule has 60 valence electrons. The van der Waals surface area contributed by atoms with Crippen molar-refractivity contribution in [1.29, 1.82) is 0 Å². The van der Waals surface area contributed by atoms with Gasteiger partial charge in [0.2, 0.25) is 0 Å². The van der Waals surface area contributed by atoms with Crippen molar-refractivity contribution in [3.05, 3.63) is 0 Å².